The molecule has 0 radical (unpaired) electrons. The third-order valence-electron chi connectivity index (χ3n) is 6.03. The fourth-order valence-electron chi connectivity index (χ4n) is 4.11. The number of benzene rings is 1. The van der Waals surface area contributed by atoms with Crippen molar-refractivity contribution in [3.05, 3.63) is 117 Å². The van der Waals surface area contributed by atoms with E-state index in [0.717, 1.165) is 12.5 Å². The smallest absolute Gasteiger partial charge is 0.384 e. The van der Waals surface area contributed by atoms with Crippen LogP contribution in [0.1, 0.15) is 43.9 Å². The lowest BCUT2D eigenvalue weighted by molar-refractivity contribution is -0.138. The van der Waals surface area contributed by atoms with Crippen molar-refractivity contribution in [1.82, 2.24) is 20.3 Å². The van der Waals surface area contributed by atoms with Crippen molar-refractivity contribution < 1.29 is 26.4 Å². The van der Waals surface area contributed by atoms with Crippen LogP contribution in [0.25, 0.3) is 0 Å². The van der Waals surface area contributed by atoms with Crippen LogP contribution < -0.4 is 16.6 Å². The second-order valence-electron chi connectivity index (χ2n) is 9.07. The van der Waals surface area contributed by atoms with E-state index >= 15 is 0 Å². The number of nitrogens with one attached hydrogen (secondary N) is 2. The lowest BCUT2D eigenvalue weighted by atomic mass is 10.0. The Balaban J connectivity index is 1.52. The van der Waals surface area contributed by atoms with Crippen molar-refractivity contribution in [3.63, 3.8) is 0 Å². The normalized spacial score (nSPS) is 11.8. The quantitative estimate of drug-likeness (QED) is 0.294. The van der Waals surface area contributed by atoms with Crippen LogP contribution in [-0.2, 0) is 35.4 Å². The highest BCUT2D eigenvalue weighted by Gasteiger charge is 2.34. The molecule has 4 N–H and O–H groups in total. The molecule has 0 saturated carbocycles. The van der Waals surface area contributed by atoms with Crippen molar-refractivity contribution in [2.45, 2.75) is 30.5 Å². The number of hydrogen-bond acceptors (Lipinski definition) is 7. The molecular formula is C27H24F3N5O4S. The number of aromatic nitrogens is 3. The zero-order valence-corrected chi connectivity index (χ0v) is 21.9. The topological polar surface area (TPSA) is 148 Å². The van der Waals surface area contributed by atoms with Crippen LogP contribution in [0.15, 0.2) is 76.8 Å². The Morgan fingerprint density at radius 2 is 1.80 bits per heavy atom. The molecule has 0 fully saturated rings. The average molecular weight is 572 g/mol. The van der Waals surface area contributed by atoms with Gasteiger partial charge < -0.3 is 16.0 Å². The number of pyridine rings is 3. The van der Waals surface area contributed by atoms with E-state index in [4.69, 9.17) is 5.73 Å². The van der Waals surface area contributed by atoms with Gasteiger partial charge in [-0.1, -0.05) is 18.2 Å². The lowest BCUT2D eigenvalue weighted by Crippen LogP contribution is -2.25. The molecule has 0 aliphatic rings. The summed E-state index contributed by atoms with van der Waals surface area (Å²) in [6.45, 7) is -0.429. The Labute approximate surface area is 227 Å². The van der Waals surface area contributed by atoms with Gasteiger partial charge in [-0.3, -0.25) is 14.6 Å². The molecule has 1 amide bonds. The van der Waals surface area contributed by atoms with Gasteiger partial charge in [-0.2, -0.15) is 13.2 Å². The summed E-state index contributed by atoms with van der Waals surface area (Å²) in [6, 6.07) is 11.7. The Hall–Kier alpha value is -4.52. The standard InChI is InChI=1S/C27H24F3N5O4S/c1-40(38,39)23-10-16(4-5-17(23)11-18-3-2-7-33-25(18)36)9-21-12-19(6-8-32-21)26(37)35-15-20-14-34-24(31)13-22(20)27(28,29)30/h2-8,10,12-14H,9,11,15H2,1H3,(H2,31,34)(H,33,36)(H,35,37). The van der Waals surface area contributed by atoms with E-state index in [2.05, 4.69) is 20.3 Å². The summed E-state index contributed by atoms with van der Waals surface area (Å²) in [5, 5.41) is 2.45. The summed E-state index contributed by atoms with van der Waals surface area (Å²) in [4.78, 5) is 35.3. The largest absolute Gasteiger partial charge is 0.416 e. The number of nitrogens with zero attached hydrogens (tertiary/aromatic N) is 2. The van der Waals surface area contributed by atoms with Crippen LogP contribution in [0.2, 0.25) is 0 Å². The van der Waals surface area contributed by atoms with Gasteiger partial charge in [0.15, 0.2) is 9.84 Å². The molecule has 40 heavy (non-hydrogen) atoms. The maximum Gasteiger partial charge on any atom is 0.416 e. The number of aromatic amines is 1. The molecule has 4 aromatic rings. The molecule has 9 nitrogen and oxygen atoms in total. The molecule has 208 valence electrons. The molecule has 1 aromatic carbocycles. The first-order chi connectivity index (χ1) is 18.8. The Kier molecular flexibility index (Phi) is 8.05. The summed E-state index contributed by atoms with van der Waals surface area (Å²) < 4.78 is 65.1. The lowest BCUT2D eigenvalue weighted by Gasteiger charge is -2.14. The number of halogens is 3. The van der Waals surface area contributed by atoms with Gasteiger partial charge in [0, 0.05) is 66.6 Å². The second-order valence-corrected chi connectivity index (χ2v) is 11.1. The van der Waals surface area contributed by atoms with Gasteiger partial charge in [-0.15, -0.1) is 0 Å². The molecule has 0 aliphatic heterocycles. The van der Waals surface area contributed by atoms with Crippen molar-refractivity contribution in [2.75, 3.05) is 12.0 Å². The van der Waals surface area contributed by atoms with Crippen molar-refractivity contribution in [3.8, 4) is 0 Å². The van der Waals surface area contributed by atoms with E-state index < -0.39 is 34.0 Å². The van der Waals surface area contributed by atoms with E-state index in [-0.39, 0.29) is 40.2 Å². The minimum atomic E-state index is -4.67. The highest BCUT2D eigenvalue weighted by atomic mass is 32.2. The molecule has 0 saturated heterocycles. The number of rotatable bonds is 8. The predicted octanol–water partition coefficient (Wildman–Crippen LogP) is 3.28. The zero-order valence-electron chi connectivity index (χ0n) is 21.1. The van der Waals surface area contributed by atoms with Gasteiger partial charge in [0.2, 0.25) is 0 Å². The first-order valence-corrected chi connectivity index (χ1v) is 13.7. The highest BCUT2D eigenvalue weighted by molar-refractivity contribution is 7.90. The number of anilines is 1. The van der Waals surface area contributed by atoms with Crippen LogP contribution in [0.4, 0.5) is 19.0 Å². The molecule has 3 heterocycles. The van der Waals surface area contributed by atoms with Crippen LogP contribution in [0.5, 0.6) is 0 Å². The monoisotopic (exact) mass is 571 g/mol. The molecule has 0 atom stereocenters. The van der Waals surface area contributed by atoms with Gasteiger partial charge in [-0.25, -0.2) is 13.4 Å². The van der Waals surface area contributed by atoms with E-state index in [1.165, 1.54) is 30.6 Å². The summed E-state index contributed by atoms with van der Waals surface area (Å²) in [5.41, 5.74) is 5.90. The van der Waals surface area contributed by atoms with Crippen LogP contribution >= 0.6 is 0 Å². The van der Waals surface area contributed by atoms with Crippen molar-refractivity contribution in [2.24, 2.45) is 0 Å². The summed E-state index contributed by atoms with van der Waals surface area (Å²) >= 11 is 0. The third-order valence-corrected chi connectivity index (χ3v) is 7.21. The van der Waals surface area contributed by atoms with Crippen LogP contribution in [0, 0.1) is 0 Å². The van der Waals surface area contributed by atoms with Crippen LogP contribution in [0.3, 0.4) is 0 Å². The Bertz CT molecular complexity index is 1740. The zero-order chi connectivity index (χ0) is 29.1. The molecular weight excluding hydrogens is 547 g/mol. The maximum absolute atomic E-state index is 13.3. The number of nitrogen functional groups attached to an aromatic ring is 1. The van der Waals surface area contributed by atoms with Crippen molar-refractivity contribution >= 4 is 21.6 Å². The Morgan fingerprint density at radius 3 is 2.50 bits per heavy atom. The molecule has 13 heteroatoms. The van der Waals surface area contributed by atoms with Gasteiger partial charge in [0.05, 0.1) is 10.5 Å². The number of carbonyl (C=O) groups excluding carboxylic acids is 1. The number of amides is 1. The minimum Gasteiger partial charge on any atom is -0.384 e. The fourth-order valence-corrected chi connectivity index (χ4v) is 5.09. The number of carbonyl (C=O) groups is 1. The van der Waals surface area contributed by atoms with E-state index in [1.54, 1.807) is 24.3 Å². The van der Waals surface area contributed by atoms with E-state index in [0.29, 0.717) is 28.5 Å². The highest BCUT2D eigenvalue weighted by Crippen LogP contribution is 2.32. The fraction of sp³-hybridized carbons (Fsp3) is 0.185. The van der Waals surface area contributed by atoms with Gasteiger partial charge in [0.25, 0.3) is 11.5 Å². The number of hydrogen-bond donors (Lipinski definition) is 3. The average Bonchev–Trinajstić information content (AvgIpc) is 2.89. The number of sulfone groups is 1. The summed E-state index contributed by atoms with van der Waals surface area (Å²) in [6.07, 6.45) is 0.537. The predicted molar refractivity (Wildman–Crippen MR) is 141 cm³/mol. The Morgan fingerprint density at radius 1 is 1.02 bits per heavy atom. The maximum atomic E-state index is 13.3. The first kappa shape index (κ1) is 28.5. The molecule has 0 aliphatic carbocycles. The van der Waals surface area contributed by atoms with Gasteiger partial charge in [0.1, 0.15) is 5.82 Å². The van der Waals surface area contributed by atoms with E-state index in [1.807, 2.05) is 0 Å². The summed E-state index contributed by atoms with van der Waals surface area (Å²) in [5.74, 6) is -0.921. The van der Waals surface area contributed by atoms with Gasteiger partial charge >= 0.3 is 6.18 Å². The molecule has 0 spiro atoms. The molecule has 0 bridgehead atoms. The molecule has 4 rings (SSSR count). The number of H-pyrrole nitrogens is 1. The summed E-state index contributed by atoms with van der Waals surface area (Å²) in [7, 11) is -3.64. The molecule has 3 aromatic heterocycles. The van der Waals surface area contributed by atoms with Gasteiger partial charge in [-0.05, 0) is 41.5 Å². The third kappa shape index (κ3) is 6.91. The SMILES string of the molecule is CS(=O)(=O)c1cc(Cc2cc(C(=O)NCc3cnc(N)cc3C(F)(F)F)ccn2)ccc1Cc1ccc[nH]c1=O. The second kappa shape index (κ2) is 11.3. The molecule has 0 unspecified atom stereocenters. The van der Waals surface area contributed by atoms with Crippen LogP contribution in [-0.4, -0.2) is 35.5 Å². The first-order valence-electron chi connectivity index (χ1n) is 11.8. The van der Waals surface area contributed by atoms with Crippen molar-refractivity contribution in [1.29, 1.82) is 0 Å². The van der Waals surface area contributed by atoms with E-state index in [9.17, 15) is 31.2 Å². The minimum absolute atomic E-state index is 0.0692. The number of nitrogens with two attached hydrogens (primary N) is 1. The number of alkyl halides is 3.